The average molecular weight is 509 g/mol. The molecule has 11 nitrogen and oxygen atoms in total. The van der Waals surface area contributed by atoms with Gasteiger partial charge in [0.05, 0.1) is 6.61 Å². The van der Waals surface area contributed by atoms with Crippen molar-refractivity contribution in [1.82, 2.24) is 15.5 Å². The Hall–Kier alpha value is -3.34. The molecule has 1 rings (SSSR count). The minimum absolute atomic E-state index is 0.0215. The summed E-state index contributed by atoms with van der Waals surface area (Å²) in [5.41, 5.74) is 4.83. The van der Waals surface area contributed by atoms with E-state index in [9.17, 15) is 29.4 Å². The number of hydrogen-bond acceptors (Lipinski definition) is 7. The molecule has 2 unspecified atom stereocenters. The zero-order valence-corrected chi connectivity index (χ0v) is 21.6. The zero-order chi connectivity index (χ0) is 27.3. The van der Waals surface area contributed by atoms with Gasteiger partial charge in [0.1, 0.15) is 23.4 Å². The van der Waals surface area contributed by atoms with Gasteiger partial charge < -0.3 is 36.2 Å². The van der Waals surface area contributed by atoms with Crippen molar-refractivity contribution in [3.8, 4) is 5.75 Å². The summed E-state index contributed by atoms with van der Waals surface area (Å²) < 4.78 is 5.25. The van der Waals surface area contributed by atoms with Gasteiger partial charge in [-0.05, 0) is 51.3 Å². The van der Waals surface area contributed by atoms with E-state index in [2.05, 4.69) is 10.6 Å². The fraction of sp³-hybridized carbons (Fsp3) is 0.600. The number of nitrogens with two attached hydrogens (primary N) is 1. The molecule has 4 amide bonds. The van der Waals surface area contributed by atoms with Gasteiger partial charge in [0.15, 0.2) is 0 Å². The van der Waals surface area contributed by atoms with Gasteiger partial charge in [0.25, 0.3) is 0 Å². The monoisotopic (exact) mass is 508 g/mol. The molecule has 1 aromatic carbocycles. The maximum atomic E-state index is 13.7. The number of phenolic OH excluding ortho intramolecular Hbond substituents is 1. The first kappa shape index (κ1) is 30.7. The highest BCUT2D eigenvalue weighted by Gasteiger charge is 2.36. The summed E-state index contributed by atoms with van der Waals surface area (Å²) in [5, 5.41) is 24.7. The maximum Gasteiger partial charge on any atom is 0.408 e. The van der Waals surface area contributed by atoms with E-state index in [1.807, 2.05) is 6.92 Å². The van der Waals surface area contributed by atoms with Crippen LogP contribution in [0.1, 0.15) is 71.4 Å². The van der Waals surface area contributed by atoms with Crippen LogP contribution in [0.5, 0.6) is 5.75 Å². The van der Waals surface area contributed by atoms with Gasteiger partial charge >= 0.3 is 6.09 Å². The molecule has 0 fully saturated rings. The Morgan fingerprint density at radius 1 is 1.11 bits per heavy atom. The van der Waals surface area contributed by atoms with E-state index < -0.39 is 48.1 Å². The number of aliphatic hydroxyl groups is 1. The van der Waals surface area contributed by atoms with E-state index in [-0.39, 0.29) is 25.1 Å². The number of rotatable bonds is 14. The standard InChI is InChI=1S/C25H40N4O7/c1-5-6-7-14-27-22(33)21(17-8-10-18(31)11-9-17)29(15-16-30)23(34)19(12-13-20(26)32)28-24(35)36-25(2,3)4/h8-11,19,21,30-31H,5-7,12-16H2,1-4H3,(H2,26,32)(H,27,33)(H,28,35). The first-order chi connectivity index (χ1) is 16.9. The van der Waals surface area contributed by atoms with E-state index in [4.69, 9.17) is 10.5 Å². The summed E-state index contributed by atoms with van der Waals surface area (Å²) in [4.78, 5) is 52.0. The molecule has 11 heteroatoms. The molecule has 0 aliphatic rings. The number of nitrogens with one attached hydrogen (secondary N) is 2. The van der Waals surface area contributed by atoms with Gasteiger partial charge in [0.2, 0.25) is 17.7 Å². The van der Waals surface area contributed by atoms with Crippen molar-refractivity contribution in [2.75, 3.05) is 19.7 Å². The number of carbonyl (C=O) groups excluding carboxylic acids is 4. The highest BCUT2D eigenvalue weighted by Crippen LogP contribution is 2.25. The third-order valence-corrected chi connectivity index (χ3v) is 5.14. The maximum absolute atomic E-state index is 13.7. The summed E-state index contributed by atoms with van der Waals surface area (Å²) in [5.74, 6) is -1.87. The molecule has 0 saturated carbocycles. The van der Waals surface area contributed by atoms with Crippen molar-refractivity contribution in [3.63, 3.8) is 0 Å². The topological polar surface area (TPSA) is 171 Å². The lowest BCUT2D eigenvalue weighted by molar-refractivity contribution is -0.143. The fourth-order valence-corrected chi connectivity index (χ4v) is 3.48. The van der Waals surface area contributed by atoms with E-state index >= 15 is 0 Å². The summed E-state index contributed by atoms with van der Waals surface area (Å²) in [6, 6.07) is 3.37. The largest absolute Gasteiger partial charge is 0.508 e. The van der Waals surface area contributed by atoms with Gasteiger partial charge in [0, 0.05) is 19.5 Å². The van der Waals surface area contributed by atoms with E-state index in [0.717, 1.165) is 24.2 Å². The average Bonchev–Trinajstić information content (AvgIpc) is 2.78. The number of alkyl carbamates (subject to hydrolysis) is 1. The third kappa shape index (κ3) is 10.9. The van der Waals surface area contributed by atoms with Crippen LogP contribution in [0.2, 0.25) is 0 Å². The molecule has 202 valence electrons. The number of aromatic hydroxyl groups is 1. The number of carbonyl (C=O) groups is 4. The van der Waals surface area contributed by atoms with Gasteiger partial charge in [-0.3, -0.25) is 14.4 Å². The van der Waals surface area contributed by atoms with E-state index in [1.54, 1.807) is 20.8 Å². The highest BCUT2D eigenvalue weighted by atomic mass is 16.6. The Kier molecular flexibility index (Phi) is 12.7. The molecule has 1 aromatic rings. The number of hydrogen-bond donors (Lipinski definition) is 5. The molecule has 0 spiro atoms. The first-order valence-electron chi connectivity index (χ1n) is 12.1. The van der Waals surface area contributed by atoms with Crippen molar-refractivity contribution in [3.05, 3.63) is 29.8 Å². The highest BCUT2D eigenvalue weighted by molar-refractivity contribution is 5.92. The molecule has 0 saturated heterocycles. The Morgan fingerprint density at radius 2 is 1.75 bits per heavy atom. The van der Waals surface area contributed by atoms with Crippen LogP contribution in [-0.4, -0.2) is 70.3 Å². The first-order valence-corrected chi connectivity index (χ1v) is 12.1. The van der Waals surface area contributed by atoms with Crippen molar-refractivity contribution >= 4 is 23.8 Å². The number of aliphatic hydroxyl groups excluding tert-OH is 1. The van der Waals surface area contributed by atoms with Crippen LogP contribution in [0, 0.1) is 0 Å². The molecule has 6 N–H and O–H groups in total. The number of phenols is 1. The summed E-state index contributed by atoms with van der Waals surface area (Å²) in [6.07, 6.45) is 1.42. The molecule has 2 atom stereocenters. The van der Waals surface area contributed by atoms with Crippen LogP contribution in [0.25, 0.3) is 0 Å². The Bertz CT molecular complexity index is 868. The van der Waals surface area contributed by atoms with Gasteiger partial charge in [-0.1, -0.05) is 31.9 Å². The number of nitrogens with zero attached hydrogens (tertiary/aromatic N) is 1. The predicted molar refractivity (Wildman–Crippen MR) is 134 cm³/mol. The van der Waals surface area contributed by atoms with Crippen LogP contribution in [0.15, 0.2) is 24.3 Å². The molecular formula is C25H40N4O7. The summed E-state index contributed by atoms with van der Waals surface area (Å²) in [7, 11) is 0. The predicted octanol–water partition coefficient (Wildman–Crippen LogP) is 1.72. The molecule has 0 aliphatic carbocycles. The molecule has 0 aliphatic heterocycles. The van der Waals surface area contributed by atoms with Crippen molar-refractivity contribution in [2.45, 2.75) is 77.5 Å². The third-order valence-electron chi connectivity index (χ3n) is 5.14. The smallest absolute Gasteiger partial charge is 0.408 e. The van der Waals surface area contributed by atoms with E-state index in [0.29, 0.717) is 12.1 Å². The van der Waals surface area contributed by atoms with Crippen LogP contribution in [0.3, 0.4) is 0 Å². The number of unbranched alkanes of at least 4 members (excludes halogenated alkanes) is 2. The molecule has 36 heavy (non-hydrogen) atoms. The molecule has 0 aromatic heterocycles. The zero-order valence-electron chi connectivity index (χ0n) is 21.6. The van der Waals surface area contributed by atoms with Crippen LogP contribution >= 0.6 is 0 Å². The number of benzene rings is 1. The molecule has 0 heterocycles. The second-order valence-corrected chi connectivity index (χ2v) is 9.45. The van der Waals surface area contributed by atoms with Crippen LogP contribution in [0.4, 0.5) is 4.79 Å². The Morgan fingerprint density at radius 3 is 2.28 bits per heavy atom. The van der Waals surface area contributed by atoms with Gasteiger partial charge in [-0.25, -0.2) is 4.79 Å². The minimum Gasteiger partial charge on any atom is -0.508 e. The SMILES string of the molecule is CCCCCNC(=O)C(c1ccc(O)cc1)N(CCO)C(=O)C(CCC(N)=O)NC(=O)OC(C)(C)C. The van der Waals surface area contributed by atoms with E-state index in [1.165, 1.54) is 24.3 Å². The van der Waals surface area contributed by atoms with Gasteiger partial charge in [-0.2, -0.15) is 0 Å². The summed E-state index contributed by atoms with van der Waals surface area (Å²) in [6.45, 7) is 6.72. The fourth-order valence-electron chi connectivity index (χ4n) is 3.48. The number of primary amides is 1. The second kappa shape index (κ2) is 14.9. The lowest BCUT2D eigenvalue weighted by Crippen LogP contribution is -2.54. The Labute approximate surface area is 212 Å². The number of ether oxygens (including phenoxy) is 1. The van der Waals surface area contributed by atoms with Crippen molar-refractivity contribution < 1.29 is 34.1 Å². The van der Waals surface area contributed by atoms with Crippen molar-refractivity contribution in [2.24, 2.45) is 5.73 Å². The van der Waals surface area contributed by atoms with Gasteiger partial charge in [-0.15, -0.1) is 0 Å². The molecule has 0 bridgehead atoms. The normalized spacial score (nSPS) is 12.8. The lowest BCUT2D eigenvalue weighted by atomic mass is 10.0. The molecular weight excluding hydrogens is 468 g/mol. The van der Waals surface area contributed by atoms with Crippen LogP contribution < -0.4 is 16.4 Å². The Balaban J connectivity index is 3.34. The van der Waals surface area contributed by atoms with Crippen LogP contribution in [-0.2, 0) is 19.1 Å². The minimum atomic E-state index is -1.24. The molecule has 0 radical (unpaired) electrons. The lowest BCUT2D eigenvalue weighted by Gasteiger charge is -2.34. The quantitative estimate of drug-likeness (QED) is 0.238. The second-order valence-electron chi connectivity index (χ2n) is 9.45. The summed E-state index contributed by atoms with van der Waals surface area (Å²) >= 11 is 0. The number of amides is 4. The van der Waals surface area contributed by atoms with Crippen molar-refractivity contribution in [1.29, 1.82) is 0 Å².